The lowest BCUT2D eigenvalue weighted by molar-refractivity contribution is -0.147. The van der Waals surface area contributed by atoms with Crippen LogP contribution in [-0.2, 0) is 10.2 Å². The van der Waals surface area contributed by atoms with E-state index in [2.05, 4.69) is 0 Å². The van der Waals surface area contributed by atoms with Crippen LogP contribution in [0, 0.1) is 19.7 Å². The molecule has 1 aromatic carbocycles. The SMILES string of the molecule is COc1c(C)c(F)c(C)c(C2(C(=O)O)CCC2)c1OC. The summed E-state index contributed by atoms with van der Waals surface area (Å²) in [6.45, 7) is 3.20. The highest BCUT2D eigenvalue weighted by Crippen LogP contribution is 2.52. The Kier molecular flexibility index (Phi) is 3.63. The van der Waals surface area contributed by atoms with Crippen LogP contribution in [-0.4, -0.2) is 25.3 Å². The van der Waals surface area contributed by atoms with Gasteiger partial charge in [0.2, 0.25) is 0 Å². The lowest BCUT2D eigenvalue weighted by Gasteiger charge is -2.40. The highest BCUT2D eigenvalue weighted by atomic mass is 19.1. The number of methoxy groups -OCH3 is 2. The summed E-state index contributed by atoms with van der Waals surface area (Å²) in [5, 5.41) is 9.59. The van der Waals surface area contributed by atoms with Gasteiger partial charge in [-0.25, -0.2) is 4.39 Å². The number of carbonyl (C=O) groups is 1. The number of carboxylic acid groups (broad SMARTS) is 1. The molecule has 2 rings (SSSR count). The smallest absolute Gasteiger partial charge is 0.314 e. The molecule has 5 heteroatoms. The minimum atomic E-state index is -1.06. The Morgan fingerprint density at radius 1 is 1.15 bits per heavy atom. The number of hydrogen-bond acceptors (Lipinski definition) is 3. The van der Waals surface area contributed by atoms with Gasteiger partial charge in [0, 0.05) is 11.1 Å². The monoisotopic (exact) mass is 282 g/mol. The van der Waals surface area contributed by atoms with Crippen LogP contribution >= 0.6 is 0 Å². The number of carboxylic acids is 1. The van der Waals surface area contributed by atoms with Gasteiger partial charge in [-0.05, 0) is 32.3 Å². The molecule has 1 aliphatic rings. The summed E-state index contributed by atoms with van der Waals surface area (Å²) >= 11 is 0. The zero-order valence-corrected chi connectivity index (χ0v) is 12.2. The van der Waals surface area contributed by atoms with Crippen molar-refractivity contribution in [3.05, 3.63) is 22.5 Å². The average molecular weight is 282 g/mol. The van der Waals surface area contributed by atoms with Gasteiger partial charge in [-0.15, -0.1) is 0 Å². The van der Waals surface area contributed by atoms with E-state index in [1.807, 2.05) is 0 Å². The normalized spacial score (nSPS) is 16.4. The van der Waals surface area contributed by atoms with E-state index in [4.69, 9.17) is 9.47 Å². The highest BCUT2D eigenvalue weighted by Gasteiger charge is 2.50. The maximum absolute atomic E-state index is 14.4. The van der Waals surface area contributed by atoms with E-state index in [1.54, 1.807) is 13.8 Å². The first-order valence-corrected chi connectivity index (χ1v) is 6.55. The molecule has 0 radical (unpaired) electrons. The standard InChI is InChI=1S/C15H19FO4/c1-8-10(15(14(17)18)6-5-7-15)13(20-4)12(19-3)9(2)11(8)16/h5-7H2,1-4H3,(H,17,18). The average Bonchev–Trinajstić information content (AvgIpc) is 2.36. The second kappa shape index (κ2) is 4.96. The molecule has 0 unspecified atom stereocenters. The van der Waals surface area contributed by atoms with E-state index in [-0.39, 0.29) is 5.75 Å². The van der Waals surface area contributed by atoms with Gasteiger partial charge in [-0.3, -0.25) is 4.79 Å². The summed E-state index contributed by atoms with van der Waals surface area (Å²) in [5.74, 6) is -0.746. The van der Waals surface area contributed by atoms with Crippen molar-refractivity contribution < 1.29 is 23.8 Å². The van der Waals surface area contributed by atoms with E-state index in [1.165, 1.54) is 14.2 Å². The lowest BCUT2D eigenvalue weighted by Crippen LogP contribution is -2.43. The third-order valence-corrected chi connectivity index (χ3v) is 4.31. The third-order valence-electron chi connectivity index (χ3n) is 4.31. The van der Waals surface area contributed by atoms with Gasteiger partial charge < -0.3 is 14.6 Å². The summed E-state index contributed by atoms with van der Waals surface area (Å²) in [4.78, 5) is 11.7. The molecule has 0 bridgehead atoms. The van der Waals surface area contributed by atoms with Gasteiger partial charge in [0.25, 0.3) is 0 Å². The van der Waals surface area contributed by atoms with Crippen LogP contribution in [0.3, 0.4) is 0 Å². The summed E-state index contributed by atoms with van der Waals surface area (Å²) in [7, 11) is 2.88. The molecule has 20 heavy (non-hydrogen) atoms. The van der Waals surface area contributed by atoms with Crippen molar-refractivity contribution >= 4 is 5.97 Å². The molecule has 0 atom stereocenters. The van der Waals surface area contributed by atoms with Crippen molar-refractivity contribution in [2.24, 2.45) is 0 Å². The fraction of sp³-hybridized carbons (Fsp3) is 0.533. The minimum Gasteiger partial charge on any atom is -0.493 e. The van der Waals surface area contributed by atoms with Crippen LogP contribution < -0.4 is 9.47 Å². The van der Waals surface area contributed by atoms with Crippen LogP contribution in [0.5, 0.6) is 11.5 Å². The number of aliphatic carboxylic acids is 1. The zero-order chi connectivity index (χ0) is 15.1. The highest BCUT2D eigenvalue weighted by molar-refractivity contribution is 5.85. The number of rotatable bonds is 4. The Balaban J connectivity index is 2.81. The first kappa shape index (κ1) is 14.6. The minimum absolute atomic E-state index is 0.276. The fourth-order valence-corrected chi connectivity index (χ4v) is 3.06. The largest absolute Gasteiger partial charge is 0.493 e. The van der Waals surface area contributed by atoms with Crippen LogP contribution in [0.25, 0.3) is 0 Å². The molecule has 0 spiro atoms. The quantitative estimate of drug-likeness (QED) is 0.922. The predicted octanol–water partition coefficient (Wildman–Crippen LogP) is 2.97. The molecule has 0 aliphatic heterocycles. The molecular formula is C15H19FO4. The molecule has 1 N–H and O–H groups in total. The Labute approximate surface area is 117 Å². The van der Waals surface area contributed by atoms with Gasteiger partial charge >= 0.3 is 5.97 Å². The van der Waals surface area contributed by atoms with Crippen molar-refractivity contribution in [2.45, 2.75) is 38.5 Å². The van der Waals surface area contributed by atoms with Gasteiger partial charge in [-0.2, -0.15) is 0 Å². The molecule has 0 heterocycles. The second-order valence-corrected chi connectivity index (χ2v) is 5.25. The van der Waals surface area contributed by atoms with Crippen molar-refractivity contribution in [1.29, 1.82) is 0 Å². The van der Waals surface area contributed by atoms with Crippen LogP contribution in [0.1, 0.15) is 36.0 Å². The first-order chi connectivity index (χ1) is 9.40. The molecular weight excluding hydrogens is 263 g/mol. The summed E-state index contributed by atoms with van der Waals surface area (Å²) in [6.07, 6.45) is 1.79. The predicted molar refractivity (Wildman–Crippen MR) is 72.1 cm³/mol. The van der Waals surface area contributed by atoms with Crippen LogP contribution in [0.4, 0.5) is 4.39 Å². The van der Waals surface area contributed by atoms with Gasteiger partial charge in [0.15, 0.2) is 11.5 Å². The Bertz CT molecular complexity index is 562. The maximum Gasteiger partial charge on any atom is 0.314 e. The Morgan fingerprint density at radius 3 is 2.05 bits per heavy atom. The Hall–Kier alpha value is -1.78. The van der Waals surface area contributed by atoms with E-state index in [9.17, 15) is 14.3 Å². The molecule has 0 amide bonds. The summed E-state index contributed by atoms with van der Waals surface area (Å²) in [6, 6.07) is 0. The van der Waals surface area contributed by atoms with Crippen molar-refractivity contribution in [2.75, 3.05) is 14.2 Å². The molecule has 1 aliphatic carbocycles. The van der Waals surface area contributed by atoms with E-state index >= 15 is 0 Å². The van der Waals surface area contributed by atoms with Crippen LogP contribution in [0.15, 0.2) is 0 Å². The molecule has 4 nitrogen and oxygen atoms in total. The summed E-state index contributed by atoms with van der Waals surface area (Å²) < 4.78 is 25.0. The van der Waals surface area contributed by atoms with Crippen molar-refractivity contribution in [1.82, 2.24) is 0 Å². The Morgan fingerprint density at radius 2 is 1.70 bits per heavy atom. The molecule has 1 aromatic rings. The van der Waals surface area contributed by atoms with Gasteiger partial charge in [-0.1, -0.05) is 6.42 Å². The molecule has 0 saturated heterocycles. The number of hydrogen-bond donors (Lipinski definition) is 1. The van der Waals surface area contributed by atoms with E-state index < -0.39 is 17.2 Å². The van der Waals surface area contributed by atoms with Gasteiger partial charge in [0.1, 0.15) is 5.82 Å². The molecule has 1 fully saturated rings. The molecule has 110 valence electrons. The number of halogens is 1. The van der Waals surface area contributed by atoms with Gasteiger partial charge in [0.05, 0.1) is 19.6 Å². The first-order valence-electron chi connectivity index (χ1n) is 6.55. The fourth-order valence-electron chi connectivity index (χ4n) is 3.06. The van der Waals surface area contributed by atoms with Crippen molar-refractivity contribution in [3.8, 4) is 11.5 Å². The zero-order valence-electron chi connectivity index (χ0n) is 12.2. The third kappa shape index (κ3) is 1.76. The number of benzene rings is 1. The van der Waals surface area contributed by atoms with Crippen LogP contribution in [0.2, 0.25) is 0 Å². The molecule has 0 aromatic heterocycles. The van der Waals surface area contributed by atoms with E-state index in [0.29, 0.717) is 35.3 Å². The van der Waals surface area contributed by atoms with Crippen molar-refractivity contribution in [3.63, 3.8) is 0 Å². The maximum atomic E-state index is 14.4. The summed E-state index contributed by atoms with van der Waals surface area (Å²) in [5.41, 5.74) is 0.0310. The molecule has 1 saturated carbocycles. The lowest BCUT2D eigenvalue weighted by atomic mass is 9.63. The number of ether oxygens (including phenoxy) is 2. The second-order valence-electron chi connectivity index (χ2n) is 5.25. The topological polar surface area (TPSA) is 55.8 Å². The van der Waals surface area contributed by atoms with E-state index in [0.717, 1.165) is 6.42 Å².